The fourth-order valence-electron chi connectivity index (χ4n) is 3.32. The van der Waals surface area contributed by atoms with Gasteiger partial charge in [-0.2, -0.15) is 0 Å². The van der Waals surface area contributed by atoms with Crippen molar-refractivity contribution in [2.75, 3.05) is 0 Å². The molecule has 20 heavy (non-hydrogen) atoms. The van der Waals surface area contributed by atoms with Crippen LogP contribution in [-0.4, -0.2) is 11.9 Å². The van der Waals surface area contributed by atoms with Crippen LogP contribution in [0.5, 0.6) is 0 Å². The third-order valence-corrected chi connectivity index (χ3v) is 4.61. The number of rotatable bonds is 2. The number of hydrogen-bond donors (Lipinski definition) is 1. The van der Waals surface area contributed by atoms with Crippen molar-refractivity contribution in [1.29, 1.82) is 0 Å². The van der Waals surface area contributed by atoms with E-state index >= 15 is 0 Å². The Morgan fingerprint density at radius 2 is 1.80 bits per heavy atom. The minimum absolute atomic E-state index is 0.0661. The summed E-state index contributed by atoms with van der Waals surface area (Å²) in [5, 5.41) is 3.19. The number of carbonyl (C=O) groups is 1. The summed E-state index contributed by atoms with van der Waals surface area (Å²) in [7, 11) is 0. The zero-order chi connectivity index (χ0) is 14.3. The molecule has 0 spiro atoms. The molecule has 1 saturated carbocycles. The van der Waals surface area contributed by atoms with Crippen molar-refractivity contribution >= 4 is 5.91 Å². The quantitative estimate of drug-likeness (QED) is 0.815. The lowest BCUT2D eigenvalue weighted by Gasteiger charge is -2.21. The number of benzene rings is 1. The zero-order valence-electron chi connectivity index (χ0n) is 12.5. The summed E-state index contributed by atoms with van der Waals surface area (Å²) in [5.74, 6) is 1.31. The molecule has 1 amide bonds. The molecule has 1 aromatic rings. The van der Waals surface area contributed by atoms with Crippen LogP contribution in [0.25, 0.3) is 0 Å². The molecule has 0 saturated heterocycles. The van der Waals surface area contributed by atoms with Crippen molar-refractivity contribution < 1.29 is 4.79 Å². The van der Waals surface area contributed by atoms with Crippen molar-refractivity contribution in [3.63, 3.8) is 0 Å². The maximum atomic E-state index is 12.3. The molecule has 0 heterocycles. The van der Waals surface area contributed by atoms with Gasteiger partial charge in [0.2, 0.25) is 0 Å². The smallest absolute Gasteiger partial charge is 0.251 e. The Kier molecular flexibility index (Phi) is 3.19. The second-order valence-electron chi connectivity index (χ2n) is 7.19. The molecule has 0 radical (unpaired) electrons. The highest BCUT2D eigenvalue weighted by atomic mass is 16.1. The number of nitrogens with one attached hydrogen (secondary N) is 1. The lowest BCUT2D eigenvalue weighted by Crippen LogP contribution is -2.37. The summed E-state index contributed by atoms with van der Waals surface area (Å²) in [6.45, 7) is 6.55. The van der Waals surface area contributed by atoms with Gasteiger partial charge in [0.1, 0.15) is 0 Å². The van der Waals surface area contributed by atoms with E-state index in [2.05, 4.69) is 50.4 Å². The number of fused-ring (bicyclic) bond motifs is 2. The molecule has 0 aliphatic heterocycles. The average molecular weight is 269 g/mol. The lowest BCUT2D eigenvalue weighted by atomic mass is 9.86. The Bertz CT molecular complexity index is 536. The van der Waals surface area contributed by atoms with Gasteiger partial charge in [0.05, 0.1) is 0 Å². The Labute approximate surface area is 121 Å². The Morgan fingerprint density at radius 3 is 2.30 bits per heavy atom. The monoisotopic (exact) mass is 269 g/mol. The van der Waals surface area contributed by atoms with E-state index in [0.29, 0.717) is 17.9 Å². The number of amides is 1. The molecule has 0 aromatic heterocycles. The predicted octanol–water partition coefficient (Wildman–Crippen LogP) is 3.68. The van der Waals surface area contributed by atoms with Gasteiger partial charge in [-0.25, -0.2) is 0 Å². The van der Waals surface area contributed by atoms with E-state index in [9.17, 15) is 4.79 Å². The molecule has 3 rings (SSSR count). The molecule has 2 heteroatoms. The van der Waals surface area contributed by atoms with E-state index in [1.807, 2.05) is 12.1 Å². The maximum Gasteiger partial charge on any atom is 0.251 e. The normalized spacial score (nSPS) is 27.9. The highest BCUT2D eigenvalue weighted by molar-refractivity contribution is 5.94. The number of allylic oxidation sites excluding steroid dienone is 1. The van der Waals surface area contributed by atoms with Crippen molar-refractivity contribution in [2.24, 2.45) is 11.8 Å². The van der Waals surface area contributed by atoms with Crippen LogP contribution in [0.3, 0.4) is 0 Å². The SMILES string of the molecule is CC(C)(C)c1ccc(C(=O)NC2CC3C=CC2C3)cc1. The molecule has 2 aliphatic rings. The first-order valence-corrected chi connectivity index (χ1v) is 7.53. The standard InChI is InChI=1S/C18H23NO/c1-18(2,3)15-8-6-13(7-9-15)17(20)19-16-11-12-4-5-14(16)10-12/h4-9,12,14,16H,10-11H2,1-3H3,(H,19,20). The summed E-state index contributed by atoms with van der Waals surface area (Å²) in [6.07, 6.45) is 6.88. The largest absolute Gasteiger partial charge is 0.349 e. The van der Waals surface area contributed by atoms with Gasteiger partial charge in [-0.1, -0.05) is 45.1 Å². The van der Waals surface area contributed by atoms with E-state index in [0.717, 1.165) is 12.0 Å². The fourth-order valence-corrected chi connectivity index (χ4v) is 3.32. The maximum absolute atomic E-state index is 12.3. The first-order chi connectivity index (χ1) is 9.43. The summed E-state index contributed by atoms with van der Waals surface area (Å²) < 4.78 is 0. The molecule has 2 nitrogen and oxygen atoms in total. The molecule has 1 N–H and O–H groups in total. The Balaban J connectivity index is 1.67. The molecule has 3 unspecified atom stereocenters. The molecule has 1 fully saturated rings. The fraction of sp³-hybridized carbons (Fsp3) is 0.500. The minimum Gasteiger partial charge on any atom is -0.349 e. The van der Waals surface area contributed by atoms with Crippen LogP contribution in [0.15, 0.2) is 36.4 Å². The van der Waals surface area contributed by atoms with Crippen LogP contribution in [-0.2, 0) is 5.41 Å². The first-order valence-electron chi connectivity index (χ1n) is 7.53. The van der Waals surface area contributed by atoms with Gasteiger partial charge in [0.15, 0.2) is 0 Å². The van der Waals surface area contributed by atoms with Crippen molar-refractivity contribution in [3.8, 4) is 0 Å². The molecular weight excluding hydrogens is 246 g/mol. The van der Waals surface area contributed by atoms with Crippen LogP contribution in [0.4, 0.5) is 0 Å². The summed E-state index contributed by atoms with van der Waals surface area (Å²) >= 11 is 0. The minimum atomic E-state index is 0.0661. The van der Waals surface area contributed by atoms with Crippen LogP contribution >= 0.6 is 0 Å². The average Bonchev–Trinajstić information content (AvgIpc) is 3.00. The van der Waals surface area contributed by atoms with Crippen molar-refractivity contribution in [3.05, 3.63) is 47.5 Å². The van der Waals surface area contributed by atoms with E-state index in [1.54, 1.807) is 0 Å². The second-order valence-corrected chi connectivity index (χ2v) is 7.19. The van der Waals surface area contributed by atoms with Crippen LogP contribution in [0.2, 0.25) is 0 Å². The van der Waals surface area contributed by atoms with E-state index in [1.165, 1.54) is 12.0 Å². The predicted molar refractivity (Wildman–Crippen MR) is 81.8 cm³/mol. The molecule has 106 valence electrons. The van der Waals surface area contributed by atoms with Gasteiger partial charge in [-0.05, 0) is 47.8 Å². The van der Waals surface area contributed by atoms with Gasteiger partial charge >= 0.3 is 0 Å². The second kappa shape index (κ2) is 4.76. The molecule has 2 aliphatic carbocycles. The molecule has 2 bridgehead atoms. The molecular formula is C18H23NO. The Hall–Kier alpha value is -1.57. The van der Waals surface area contributed by atoms with Crippen molar-refractivity contribution in [1.82, 2.24) is 5.32 Å². The summed E-state index contributed by atoms with van der Waals surface area (Å²) in [6, 6.07) is 8.35. The third-order valence-electron chi connectivity index (χ3n) is 4.61. The van der Waals surface area contributed by atoms with Crippen LogP contribution < -0.4 is 5.32 Å². The molecule has 1 aromatic carbocycles. The number of hydrogen-bond acceptors (Lipinski definition) is 1. The Morgan fingerprint density at radius 1 is 1.10 bits per heavy atom. The van der Waals surface area contributed by atoms with Gasteiger partial charge in [-0.15, -0.1) is 0 Å². The topological polar surface area (TPSA) is 29.1 Å². The van der Waals surface area contributed by atoms with Gasteiger partial charge in [0.25, 0.3) is 5.91 Å². The highest BCUT2D eigenvalue weighted by Gasteiger charge is 2.36. The van der Waals surface area contributed by atoms with E-state index in [4.69, 9.17) is 0 Å². The van der Waals surface area contributed by atoms with E-state index in [-0.39, 0.29) is 11.3 Å². The van der Waals surface area contributed by atoms with Gasteiger partial charge in [-0.3, -0.25) is 4.79 Å². The van der Waals surface area contributed by atoms with Gasteiger partial charge < -0.3 is 5.32 Å². The first kappa shape index (κ1) is 13.4. The summed E-state index contributed by atoms with van der Waals surface area (Å²) in [4.78, 5) is 12.3. The molecule has 3 atom stereocenters. The summed E-state index contributed by atoms with van der Waals surface area (Å²) in [5.41, 5.74) is 2.16. The van der Waals surface area contributed by atoms with E-state index < -0.39 is 0 Å². The highest BCUT2D eigenvalue weighted by Crippen LogP contribution is 2.39. The van der Waals surface area contributed by atoms with Crippen LogP contribution in [0, 0.1) is 11.8 Å². The zero-order valence-corrected chi connectivity index (χ0v) is 12.5. The van der Waals surface area contributed by atoms with Crippen LogP contribution in [0.1, 0.15) is 49.5 Å². The number of carbonyl (C=O) groups excluding carboxylic acids is 1. The lowest BCUT2D eigenvalue weighted by molar-refractivity contribution is 0.0931. The third kappa shape index (κ3) is 2.52. The van der Waals surface area contributed by atoms with Crippen molar-refractivity contribution in [2.45, 2.75) is 45.1 Å². The van der Waals surface area contributed by atoms with Gasteiger partial charge in [0, 0.05) is 11.6 Å².